The summed E-state index contributed by atoms with van der Waals surface area (Å²) in [6.07, 6.45) is 1.87. The summed E-state index contributed by atoms with van der Waals surface area (Å²) >= 11 is 0. The van der Waals surface area contributed by atoms with Crippen molar-refractivity contribution in [1.29, 1.82) is 0 Å². The van der Waals surface area contributed by atoms with Crippen LogP contribution in [0.1, 0.15) is 22.3 Å². The lowest BCUT2D eigenvalue weighted by Gasteiger charge is -2.27. The number of sulfone groups is 1. The number of benzene rings is 3. The number of fused-ring (bicyclic) bond motifs is 1. The Hall–Kier alpha value is -3.17. The lowest BCUT2D eigenvalue weighted by atomic mass is 9.98. The number of hydrogen-bond acceptors (Lipinski definition) is 7. The van der Waals surface area contributed by atoms with Crippen LogP contribution in [-0.4, -0.2) is 79.1 Å². The van der Waals surface area contributed by atoms with Gasteiger partial charge in [-0.05, 0) is 53.8 Å². The predicted molar refractivity (Wildman–Crippen MR) is 160 cm³/mol. The zero-order chi connectivity index (χ0) is 27.7. The molecule has 40 heavy (non-hydrogen) atoms. The van der Waals surface area contributed by atoms with Crippen molar-refractivity contribution >= 4 is 20.9 Å². The number of aryl methyl sites for hydroxylation is 2. The fourth-order valence-corrected chi connectivity index (χ4v) is 6.90. The molecule has 0 aliphatic carbocycles. The molecule has 0 bridgehead atoms. The Morgan fingerprint density at radius 2 is 1.43 bits per heavy atom. The molecule has 2 saturated heterocycles. The maximum Gasteiger partial charge on any atom is 0.152 e. The molecule has 4 aromatic rings. The number of nitrogens with zero attached hydrogens (tertiary/aromatic N) is 4. The third kappa shape index (κ3) is 5.95. The highest BCUT2D eigenvalue weighted by molar-refractivity contribution is 7.91. The summed E-state index contributed by atoms with van der Waals surface area (Å²) < 4.78 is 29.1. The molecule has 2 aliphatic rings. The van der Waals surface area contributed by atoms with E-state index < -0.39 is 9.84 Å². The second-order valence-electron chi connectivity index (χ2n) is 11.0. The molecule has 1 aromatic heterocycles. The lowest BCUT2D eigenvalue weighted by Crippen LogP contribution is -2.39. The highest BCUT2D eigenvalue weighted by Crippen LogP contribution is 2.31. The number of aromatic nitrogens is 2. The third-order valence-electron chi connectivity index (χ3n) is 8.19. The highest BCUT2D eigenvalue weighted by Gasteiger charge is 2.22. The molecule has 2 fully saturated rings. The van der Waals surface area contributed by atoms with E-state index in [1.807, 2.05) is 18.3 Å². The van der Waals surface area contributed by atoms with E-state index in [4.69, 9.17) is 14.7 Å². The van der Waals surface area contributed by atoms with Crippen LogP contribution >= 0.6 is 0 Å². The Balaban J connectivity index is 1.25. The molecule has 2 aliphatic heterocycles. The minimum atomic E-state index is -2.88. The van der Waals surface area contributed by atoms with Gasteiger partial charge in [0.05, 0.1) is 47.6 Å². The van der Waals surface area contributed by atoms with Gasteiger partial charge < -0.3 is 4.74 Å². The quantitative estimate of drug-likeness (QED) is 0.342. The van der Waals surface area contributed by atoms with Gasteiger partial charge in [-0.3, -0.25) is 14.8 Å². The number of hydrogen-bond donors (Lipinski definition) is 0. The Morgan fingerprint density at radius 1 is 0.800 bits per heavy atom. The van der Waals surface area contributed by atoms with Gasteiger partial charge in [0.25, 0.3) is 0 Å². The van der Waals surface area contributed by atoms with Crippen molar-refractivity contribution in [3.63, 3.8) is 0 Å². The molecule has 0 atom stereocenters. The molecule has 8 heteroatoms. The van der Waals surface area contributed by atoms with Crippen molar-refractivity contribution in [2.75, 3.05) is 50.9 Å². The first-order chi connectivity index (χ1) is 19.3. The smallest absolute Gasteiger partial charge is 0.152 e. The van der Waals surface area contributed by atoms with E-state index in [2.05, 4.69) is 66.1 Å². The molecule has 3 aromatic carbocycles. The standard InChI is InChI=1S/C32H36N4O3S/c1-23-18-25(6-8-27(23)22-36-12-16-40(37,38)17-13-36)29-4-3-5-30-32(29)34-31(20-33-30)26-7-9-28(24(2)19-26)21-35-10-14-39-15-11-35/h3-9,18-20H,10-17,21-22H2,1-2H3. The van der Waals surface area contributed by atoms with Crippen LogP contribution in [-0.2, 0) is 27.7 Å². The van der Waals surface area contributed by atoms with E-state index in [0.717, 1.165) is 72.8 Å². The molecule has 3 heterocycles. The fraction of sp³-hybridized carbons (Fsp3) is 0.375. The summed E-state index contributed by atoms with van der Waals surface area (Å²) in [5, 5.41) is 0. The molecule has 0 N–H and O–H groups in total. The number of morpholine rings is 1. The molecule has 0 unspecified atom stereocenters. The third-order valence-corrected chi connectivity index (χ3v) is 9.80. The molecular weight excluding hydrogens is 520 g/mol. The average molecular weight is 557 g/mol. The van der Waals surface area contributed by atoms with E-state index in [-0.39, 0.29) is 11.5 Å². The number of rotatable bonds is 6. The van der Waals surface area contributed by atoms with Crippen LogP contribution in [0.25, 0.3) is 33.4 Å². The highest BCUT2D eigenvalue weighted by atomic mass is 32.2. The van der Waals surface area contributed by atoms with Gasteiger partial charge >= 0.3 is 0 Å². The van der Waals surface area contributed by atoms with Crippen LogP contribution in [0, 0.1) is 13.8 Å². The lowest BCUT2D eigenvalue weighted by molar-refractivity contribution is 0.0341. The van der Waals surface area contributed by atoms with Crippen molar-refractivity contribution in [2.45, 2.75) is 26.9 Å². The maximum absolute atomic E-state index is 11.8. The molecule has 208 valence electrons. The van der Waals surface area contributed by atoms with Gasteiger partial charge in [0.1, 0.15) is 0 Å². The van der Waals surface area contributed by atoms with Crippen molar-refractivity contribution in [1.82, 2.24) is 19.8 Å². The van der Waals surface area contributed by atoms with Gasteiger partial charge in [0.15, 0.2) is 9.84 Å². The second kappa shape index (κ2) is 11.4. The van der Waals surface area contributed by atoms with Crippen molar-refractivity contribution in [3.8, 4) is 22.4 Å². The van der Waals surface area contributed by atoms with Gasteiger partial charge in [-0.25, -0.2) is 13.4 Å². The monoisotopic (exact) mass is 556 g/mol. The number of ether oxygens (including phenoxy) is 1. The zero-order valence-electron chi connectivity index (χ0n) is 23.3. The first-order valence-electron chi connectivity index (χ1n) is 14.0. The topological polar surface area (TPSA) is 75.6 Å². The van der Waals surface area contributed by atoms with Crippen LogP contribution < -0.4 is 0 Å². The van der Waals surface area contributed by atoms with E-state index in [9.17, 15) is 8.42 Å². The summed E-state index contributed by atoms with van der Waals surface area (Å²) in [4.78, 5) is 14.6. The van der Waals surface area contributed by atoms with Gasteiger partial charge in [-0.2, -0.15) is 0 Å². The SMILES string of the molecule is Cc1cc(-c2cnc3cccc(-c4ccc(CN5CCS(=O)(=O)CC5)c(C)c4)c3n2)ccc1CN1CCOCC1. The summed E-state index contributed by atoms with van der Waals surface area (Å²) in [6, 6.07) is 19.3. The first kappa shape index (κ1) is 27.0. The summed E-state index contributed by atoms with van der Waals surface area (Å²) in [5.74, 6) is 0.495. The molecule has 7 nitrogen and oxygen atoms in total. The molecule has 0 spiro atoms. The predicted octanol–water partition coefficient (Wildman–Crippen LogP) is 4.64. The summed E-state index contributed by atoms with van der Waals surface area (Å²) in [6.45, 7) is 10.8. The largest absolute Gasteiger partial charge is 0.379 e. The first-order valence-corrected chi connectivity index (χ1v) is 15.9. The van der Waals surface area contributed by atoms with Crippen LogP contribution in [0.2, 0.25) is 0 Å². The minimum absolute atomic E-state index is 0.247. The Morgan fingerprint density at radius 3 is 2.10 bits per heavy atom. The van der Waals surface area contributed by atoms with Crippen LogP contribution in [0.3, 0.4) is 0 Å². The van der Waals surface area contributed by atoms with Crippen molar-refractivity contribution < 1.29 is 13.2 Å². The van der Waals surface area contributed by atoms with E-state index in [0.29, 0.717) is 13.1 Å². The summed E-state index contributed by atoms with van der Waals surface area (Å²) in [7, 11) is -2.88. The Kier molecular flexibility index (Phi) is 7.68. The van der Waals surface area contributed by atoms with Gasteiger partial charge in [-0.15, -0.1) is 0 Å². The normalized spacial score (nSPS) is 18.2. The van der Waals surface area contributed by atoms with Gasteiger partial charge in [0.2, 0.25) is 0 Å². The maximum atomic E-state index is 11.8. The van der Waals surface area contributed by atoms with Crippen LogP contribution in [0.15, 0.2) is 60.8 Å². The van der Waals surface area contributed by atoms with Crippen LogP contribution in [0.5, 0.6) is 0 Å². The van der Waals surface area contributed by atoms with Crippen molar-refractivity contribution in [2.24, 2.45) is 0 Å². The molecule has 0 radical (unpaired) electrons. The van der Waals surface area contributed by atoms with Gasteiger partial charge in [-0.1, -0.05) is 42.5 Å². The minimum Gasteiger partial charge on any atom is -0.379 e. The average Bonchev–Trinajstić information content (AvgIpc) is 2.96. The van der Waals surface area contributed by atoms with Crippen molar-refractivity contribution in [3.05, 3.63) is 83.0 Å². The molecular formula is C32H36N4O3S. The Labute approximate surface area is 236 Å². The van der Waals surface area contributed by atoms with E-state index in [1.54, 1.807) is 0 Å². The van der Waals surface area contributed by atoms with E-state index in [1.165, 1.54) is 22.3 Å². The molecule has 6 rings (SSSR count). The summed E-state index contributed by atoms with van der Waals surface area (Å²) in [5.41, 5.74) is 10.9. The van der Waals surface area contributed by atoms with E-state index >= 15 is 0 Å². The fourth-order valence-electron chi connectivity index (χ4n) is 5.63. The zero-order valence-corrected chi connectivity index (χ0v) is 24.1. The molecule has 0 saturated carbocycles. The Bertz CT molecular complexity index is 1630. The van der Waals surface area contributed by atoms with Crippen LogP contribution in [0.4, 0.5) is 0 Å². The number of para-hydroxylation sites is 1. The molecule has 0 amide bonds. The van der Waals surface area contributed by atoms with Gasteiger partial charge in [0, 0.05) is 50.4 Å². The second-order valence-corrected chi connectivity index (χ2v) is 13.3.